The van der Waals surface area contributed by atoms with E-state index in [4.69, 9.17) is 9.26 Å². The van der Waals surface area contributed by atoms with Gasteiger partial charge in [-0.25, -0.2) is 0 Å². The molecule has 5 rings (SSSR count). The van der Waals surface area contributed by atoms with Crippen LogP contribution in [0.2, 0.25) is 0 Å². The third-order valence-corrected chi connectivity index (χ3v) is 6.22. The first kappa shape index (κ1) is 21.9. The number of nitrogens with zero attached hydrogens (tertiary/aromatic N) is 5. The van der Waals surface area contributed by atoms with Gasteiger partial charge in [0, 0.05) is 12.1 Å². The Kier molecular flexibility index (Phi) is 6.40. The predicted molar refractivity (Wildman–Crippen MR) is 131 cm³/mol. The molecular weight excluding hydrogens is 446 g/mol. The molecule has 0 unspecified atom stereocenters. The lowest BCUT2D eigenvalue weighted by atomic mass is 10.1. The summed E-state index contributed by atoms with van der Waals surface area (Å²) in [7, 11) is 1.63. The van der Waals surface area contributed by atoms with Gasteiger partial charge in [-0.15, -0.1) is 10.2 Å². The lowest BCUT2D eigenvalue weighted by molar-refractivity contribution is 0.390. The number of benzene rings is 3. The summed E-state index contributed by atoms with van der Waals surface area (Å²) in [5.41, 5.74) is 4.17. The van der Waals surface area contributed by atoms with E-state index in [1.165, 1.54) is 22.9 Å². The minimum Gasteiger partial charge on any atom is -0.496 e. The van der Waals surface area contributed by atoms with Gasteiger partial charge in [0.2, 0.25) is 11.7 Å². The fraction of sp³-hybridized carbons (Fsp3) is 0.154. The zero-order chi connectivity index (χ0) is 23.3. The monoisotopic (exact) mass is 469 g/mol. The number of methoxy groups -OCH3 is 1. The van der Waals surface area contributed by atoms with E-state index >= 15 is 0 Å². The van der Waals surface area contributed by atoms with Crippen LogP contribution in [0.5, 0.6) is 5.75 Å². The summed E-state index contributed by atoms with van der Waals surface area (Å²) in [5, 5.41) is 13.9. The van der Waals surface area contributed by atoms with E-state index in [1.54, 1.807) is 7.11 Å². The Balaban J connectivity index is 1.41. The summed E-state index contributed by atoms with van der Waals surface area (Å²) in [5.74, 6) is 3.05. The van der Waals surface area contributed by atoms with Gasteiger partial charge in [-0.1, -0.05) is 71.5 Å². The van der Waals surface area contributed by atoms with Crippen molar-refractivity contribution in [1.82, 2.24) is 24.9 Å². The summed E-state index contributed by atoms with van der Waals surface area (Å²) in [6.45, 7) is 2.08. The SMILES string of the molecule is COc1ccccc1-c1noc(CSc2nnc(Cc3ccccc3)n2-c2cccc(C)c2)n1. The van der Waals surface area contributed by atoms with Crippen LogP contribution in [0.1, 0.15) is 22.8 Å². The molecule has 0 saturated heterocycles. The number of aromatic nitrogens is 5. The first-order valence-electron chi connectivity index (χ1n) is 10.9. The number of thioether (sulfide) groups is 1. The first-order chi connectivity index (χ1) is 16.7. The van der Waals surface area contributed by atoms with Crippen LogP contribution in [0.15, 0.2) is 88.5 Å². The Bertz CT molecular complexity index is 1400. The van der Waals surface area contributed by atoms with Crippen molar-refractivity contribution >= 4 is 11.8 Å². The van der Waals surface area contributed by atoms with E-state index in [-0.39, 0.29) is 0 Å². The molecule has 0 amide bonds. The molecule has 2 aromatic heterocycles. The highest BCUT2D eigenvalue weighted by atomic mass is 32.2. The average Bonchev–Trinajstić information content (AvgIpc) is 3.50. The van der Waals surface area contributed by atoms with Crippen molar-refractivity contribution in [3.05, 3.63) is 102 Å². The Labute approximate surface area is 201 Å². The van der Waals surface area contributed by atoms with Crippen molar-refractivity contribution in [2.24, 2.45) is 0 Å². The molecule has 8 heteroatoms. The second kappa shape index (κ2) is 9.93. The maximum absolute atomic E-state index is 5.51. The fourth-order valence-electron chi connectivity index (χ4n) is 3.69. The summed E-state index contributed by atoms with van der Waals surface area (Å²) in [6, 6.07) is 26.2. The summed E-state index contributed by atoms with van der Waals surface area (Å²) >= 11 is 1.51. The third kappa shape index (κ3) is 4.72. The van der Waals surface area contributed by atoms with E-state index in [2.05, 4.69) is 62.2 Å². The maximum atomic E-state index is 5.51. The van der Waals surface area contributed by atoms with Gasteiger partial charge < -0.3 is 9.26 Å². The molecule has 0 N–H and O–H groups in total. The standard InChI is InChI=1S/C26H23N5O2S/c1-18-9-8-12-20(15-18)31-23(16-19-10-4-3-5-11-19)28-29-26(31)34-17-24-27-25(30-33-24)21-13-6-7-14-22(21)32-2/h3-15H,16-17H2,1-2H3. The van der Waals surface area contributed by atoms with E-state index in [1.807, 2.05) is 48.5 Å². The topological polar surface area (TPSA) is 78.9 Å². The minimum absolute atomic E-state index is 0.470. The van der Waals surface area contributed by atoms with Crippen molar-refractivity contribution in [3.8, 4) is 22.8 Å². The van der Waals surface area contributed by atoms with E-state index in [9.17, 15) is 0 Å². The number of aryl methyl sites for hydroxylation is 1. The van der Waals surface area contributed by atoms with Crippen molar-refractivity contribution < 1.29 is 9.26 Å². The normalized spacial score (nSPS) is 11.0. The highest BCUT2D eigenvalue weighted by Gasteiger charge is 2.18. The molecule has 170 valence electrons. The third-order valence-electron chi connectivity index (χ3n) is 5.31. The molecule has 0 saturated carbocycles. The zero-order valence-corrected chi connectivity index (χ0v) is 19.7. The highest BCUT2D eigenvalue weighted by molar-refractivity contribution is 7.98. The van der Waals surface area contributed by atoms with Gasteiger partial charge in [0.25, 0.3) is 0 Å². The van der Waals surface area contributed by atoms with Gasteiger partial charge in [0.05, 0.1) is 18.4 Å². The smallest absolute Gasteiger partial charge is 0.237 e. The molecular formula is C26H23N5O2S. The van der Waals surface area contributed by atoms with Gasteiger partial charge in [-0.2, -0.15) is 4.98 Å². The highest BCUT2D eigenvalue weighted by Crippen LogP contribution is 2.30. The number of ether oxygens (including phenoxy) is 1. The van der Waals surface area contributed by atoms with Gasteiger partial charge in [-0.3, -0.25) is 4.57 Å². The summed E-state index contributed by atoms with van der Waals surface area (Å²) in [4.78, 5) is 4.56. The fourth-order valence-corrected chi connectivity index (χ4v) is 4.50. The number of para-hydroxylation sites is 1. The molecule has 5 aromatic rings. The van der Waals surface area contributed by atoms with Crippen LogP contribution in [0.3, 0.4) is 0 Å². The second-order valence-electron chi connectivity index (χ2n) is 7.74. The quantitative estimate of drug-likeness (QED) is 0.277. The van der Waals surface area contributed by atoms with Crippen LogP contribution in [0.4, 0.5) is 0 Å². The lowest BCUT2D eigenvalue weighted by Crippen LogP contribution is -2.04. The number of rotatable bonds is 8. The number of hydrogen-bond donors (Lipinski definition) is 0. The van der Waals surface area contributed by atoms with Crippen molar-refractivity contribution in [1.29, 1.82) is 0 Å². The molecule has 0 radical (unpaired) electrons. The Hall–Kier alpha value is -3.91. The van der Waals surface area contributed by atoms with Gasteiger partial charge in [-0.05, 0) is 42.3 Å². The van der Waals surface area contributed by atoms with Crippen LogP contribution in [-0.4, -0.2) is 32.0 Å². The maximum Gasteiger partial charge on any atom is 0.237 e. The molecule has 0 spiro atoms. The minimum atomic E-state index is 0.470. The molecule has 0 aliphatic carbocycles. The lowest BCUT2D eigenvalue weighted by Gasteiger charge is -2.10. The van der Waals surface area contributed by atoms with Crippen molar-refractivity contribution in [2.75, 3.05) is 7.11 Å². The van der Waals surface area contributed by atoms with Crippen LogP contribution >= 0.6 is 11.8 Å². The molecule has 7 nitrogen and oxygen atoms in total. The molecule has 0 bridgehead atoms. The van der Waals surface area contributed by atoms with Crippen LogP contribution in [0.25, 0.3) is 17.1 Å². The van der Waals surface area contributed by atoms with Gasteiger partial charge in [0.1, 0.15) is 11.6 Å². The van der Waals surface area contributed by atoms with Crippen LogP contribution in [0, 0.1) is 6.92 Å². The molecule has 0 atom stereocenters. The molecule has 2 heterocycles. The Morgan fingerprint density at radius 3 is 2.59 bits per heavy atom. The molecule has 3 aromatic carbocycles. The van der Waals surface area contributed by atoms with Crippen molar-refractivity contribution in [2.45, 2.75) is 24.3 Å². The molecule has 0 aliphatic rings. The van der Waals surface area contributed by atoms with Gasteiger partial charge >= 0.3 is 0 Å². The average molecular weight is 470 g/mol. The van der Waals surface area contributed by atoms with E-state index < -0.39 is 0 Å². The second-order valence-corrected chi connectivity index (χ2v) is 8.68. The largest absolute Gasteiger partial charge is 0.496 e. The van der Waals surface area contributed by atoms with Gasteiger partial charge in [0.15, 0.2) is 5.16 Å². The number of hydrogen-bond acceptors (Lipinski definition) is 7. The van der Waals surface area contributed by atoms with Crippen LogP contribution < -0.4 is 4.74 Å². The van der Waals surface area contributed by atoms with E-state index in [0.29, 0.717) is 29.6 Å². The predicted octanol–water partition coefficient (Wildman–Crippen LogP) is 5.52. The molecule has 0 aliphatic heterocycles. The molecule has 34 heavy (non-hydrogen) atoms. The Morgan fingerprint density at radius 1 is 0.941 bits per heavy atom. The van der Waals surface area contributed by atoms with Crippen molar-refractivity contribution in [3.63, 3.8) is 0 Å². The Morgan fingerprint density at radius 2 is 1.76 bits per heavy atom. The molecule has 0 fully saturated rings. The summed E-state index contributed by atoms with van der Waals surface area (Å²) < 4.78 is 13.0. The summed E-state index contributed by atoms with van der Waals surface area (Å²) in [6.07, 6.45) is 0.681. The zero-order valence-electron chi connectivity index (χ0n) is 18.9. The van der Waals surface area contributed by atoms with Crippen LogP contribution in [-0.2, 0) is 12.2 Å². The van der Waals surface area contributed by atoms with E-state index in [0.717, 1.165) is 22.2 Å². The first-order valence-corrected chi connectivity index (χ1v) is 11.8.